The van der Waals surface area contributed by atoms with Gasteiger partial charge in [0.1, 0.15) is 5.03 Å². The van der Waals surface area contributed by atoms with Crippen molar-refractivity contribution in [2.75, 3.05) is 0 Å². The lowest BCUT2D eigenvalue weighted by Gasteiger charge is -2.03. The first kappa shape index (κ1) is 11.5. The lowest BCUT2D eigenvalue weighted by atomic mass is 10.3. The molecule has 0 aliphatic carbocycles. The monoisotopic (exact) mass is 301 g/mol. The normalized spacial score (nSPS) is 10.9. The number of pyridine rings is 1. The Hall–Kier alpha value is -0.990. The summed E-state index contributed by atoms with van der Waals surface area (Å²) in [4.78, 5) is 0. The van der Waals surface area contributed by atoms with Crippen LogP contribution in [-0.2, 0) is 0 Å². The molecule has 2 aromatic heterocycles. The zero-order valence-electron chi connectivity index (χ0n) is 7.95. The summed E-state index contributed by atoms with van der Waals surface area (Å²) in [5.41, 5.74) is 1.27. The minimum Gasteiger partial charge on any atom is -0.309 e. The third-order valence-electron chi connectivity index (χ3n) is 2.07. The quantitative estimate of drug-likeness (QED) is 0.599. The Balaban J connectivity index is 2.70. The standard InChI is InChI=1S/C11H6BrF2NS/c1-2-7-6-9-8(12)4-3-5-15(9)10(7)16-11(13)14/h1,3-6,11H. The Morgan fingerprint density at radius 3 is 2.88 bits per heavy atom. The molecule has 0 aliphatic rings. The van der Waals surface area contributed by atoms with Gasteiger partial charge in [0.05, 0.1) is 11.1 Å². The molecule has 5 heteroatoms. The summed E-state index contributed by atoms with van der Waals surface area (Å²) in [6, 6.07) is 5.33. The summed E-state index contributed by atoms with van der Waals surface area (Å²) >= 11 is 3.81. The number of hydrogen-bond acceptors (Lipinski definition) is 1. The molecule has 0 saturated carbocycles. The van der Waals surface area contributed by atoms with Crippen molar-refractivity contribution in [2.45, 2.75) is 10.8 Å². The van der Waals surface area contributed by atoms with E-state index >= 15 is 0 Å². The fraction of sp³-hybridized carbons (Fsp3) is 0.0909. The molecule has 0 aromatic carbocycles. The largest absolute Gasteiger partial charge is 0.309 e. The van der Waals surface area contributed by atoms with Crippen molar-refractivity contribution < 1.29 is 8.78 Å². The fourth-order valence-electron chi connectivity index (χ4n) is 1.45. The molecular formula is C11H6BrF2NS. The number of hydrogen-bond donors (Lipinski definition) is 0. The Labute approximate surface area is 104 Å². The number of halogens is 3. The highest BCUT2D eigenvalue weighted by Gasteiger charge is 2.15. The second-order valence-electron chi connectivity index (χ2n) is 3.00. The summed E-state index contributed by atoms with van der Waals surface area (Å²) < 4.78 is 27.3. The first-order valence-electron chi connectivity index (χ1n) is 4.34. The van der Waals surface area contributed by atoms with Crippen molar-refractivity contribution in [2.24, 2.45) is 0 Å². The van der Waals surface area contributed by atoms with Crippen LogP contribution in [-0.4, -0.2) is 10.2 Å². The molecule has 0 atom stereocenters. The highest BCUT2D eigenvalue weighted by molar-refractivity contribution is 9.10. The van der Waals surface area contributed by atoms with Crippen molar-refractivity contribution in [3.8, 4) is 12.3 Å². The Kier molecular flexibility index (Phi) is 3.22. The predicted octanol–water partition coefficient (Wildman–Crippen LogP) is 4.00. The van der Waals surface area contributed by atoms with Crippen molar-refractivity contribution in [1.82, 2.24) is 4.40 Å². The van der Waals surface area contributed by atoms with Crippen LogP contribution in [0.15, 0.2) is 33.9 Å². The molecule has 0 unspecified atom stereocenters. The molecule has 82 valence electrons. The highest BCUT2D eigenvalue weighted by atomic mass is 79.9. The summed E-state index contributed by atoms with van der Waals surface area (Å²) in [6.45, 7) is 0. The average molecular weight is 302 g/mol. The first-order valence-corrected chi connectivity index (χ1v) is 6.01. The lowest BCUT2D eigenvalue weighted by molar-refractivity contribution is 0.252. The number of nitrogens with zero attached hydrogens (tertiary/aromatic N) is 1. The molecule has 0 fully saturated rings. The first-order chi connectivity index (χ1) is 7.63. The number of aromatic nitrogens is 1. The van der Waals surface area contributed by atoms with Crippen LogP contribution in [0.4, 0.5) is 8.78 Å². The average Bonchev–Trinajstić information content (AvgIpc) is 2.58. The number of alkyl halides is 2. The fourth-order valence-corrected chi connectivity index (χ4v) is 2.59. The third-order valence-corrected chi connectivity index (χ3v) is 3.56. The zero-order valence-corrected chi connectivity index (χ0v) is 10.4. The number of thioether (sulfide) groups is 1. The van der Waals surface area contributed by atoms with Gasteiger partial charge in [0.25, 0.3) is 5.76 Å². The topological polar surface area (TPSA) is 4.41 Å². The lowest BCUT2D eigenvalue weighted by Crippen LogP contribution is -1.90. The maximum absolute atomic E-state index is 12.4. The molecular weight excluding hydrogens is 296 g/mol. The molecule has 2 aromatic rings. The third kappa shape index (κ3) is 1.95. The molecule has 0 N–H and O–H groups in total. The Morgan fingerprint density at radius 1 is 1.50 bits per heavy atom. The SMILES string of the molecule is C#Cc1cc2c(Br)cccn2c1SC(F)F. The van der Waals surface area contributed by atoms with E-state index in [4.69, 9.17) is 6.42 Å². The summed E-state index contributed by atoms with van der Waals surface area (Å²) in [5.74, 6) is -0.0605. The van der Waals surface area contributed by atoms with Gasteiger partial charge in [-0.05, 0) is 45.9 Å². The Bertz CT molecular complexity index is 571. The van der Waals surface area contributed by atoms with Crippen LogP contribution < -0.4 is 0 Å². The number of fused-ring (bicyclic) bond motifs is 1. The molecule has 2 heterocycles. The van der Waals surface area contributed by atoms with Gasteiger partial charge in [-0.1, -0.05) is 5.92 Å². The van der Waals surface area contributed by atoms with E-state index in [1.807, 2.05) is 6.07 Å². The highest BCUT2D eigenvalue weighted by Crippen LogP contribution is 2.33. The smallest absolute Gasteiger partial charge is 0.290 e. The van der Waals surface area contributed by atoms with Crippen molar-refractivity contribution in [3.63, 3.8) is 0 Å². The van der Waals surface area contributed by atoms with Crippen LogP contribution in [0.2, 0.25) is 0 Å². The van der Waals surface area contributed by atoms with Crippen LogP contribution in [0, 0.1) is 12.3 Å². The van der Waals surface area contributed by atoms with Crippen LogP contribution in [0.5, 0.6) is 0 Å². The number of terminal acetylenes is 1. The summed E-state index contributed by atoms with van der Waals surface area (Å²) in [6.07, 6.45) is 7.02. The van der Waals surface area contributed by atoms with Gasteiger partial charge in [-0.2, -0.15) is 8.78 Å². The number of rotatable bonds is 2. The van der Waals surface area contributed by atoms with E-state index in [0.717, 1.165) is 9.99 Å². The van der Waals surface area contributed by atoms with Crippen LogP contribution in [0.3, 0.4) is 0 Å². The molecule has 0 bridgehead atoms. The maximum Gasteiger partial charge on any atom is 0.290 e. The molecule has 0 saturated heterocycles. The molecule has 1 nitrogen and oxygen atoms in total. The predicted molar refractivity (Wildman–Crippen MR) is 64.9 cm³/mol. The van der Waals surface area contributed by atoms with E-state index in [1.54, 1.807) is 22.7 Å². The minimum atomic E-state index is -2.48. The second kappa shape index (κ2) is 4.48. The van der Waals surface area contributed by atoms with E-state index in [0.29, 0.717) is 22.4 Å². The van der Waals surface area contributed by atoms with Gasteiger partial charge in [0, 0.05) is 10.7 Å². The molecule has 0 spiro atoms. The maximum atomic E-state index is 12.4. The zero-order chi connectivity index (χ0) is 11.7. The Morgan fingerprint density at radius 2 is 2.25 bits per heavy atom. The van der Waals surface area contributed by atoms with E-state index in [1.165, 1.54) is 0 Å². The van der Waals surface area contributed by atoms with Gasteiger partial charge in [-0.3, -0.25) is 0 Å². The summed E-state index contributed by atoms with van der Waals surface area (Å²) in [7, 11) is 0. The van der Waals surface area contributed by atoms with Crippen molar-refractivity contribution in [1.29, 1.82) is 0 Å². The van der Waals surface area contributed by atoms with E-state index in [9.17, 15) is 8.78 Å². The molecule has 2 rings (SSSR count). The van der Waals surface area contributed by atoms with Crippen LogP contribution in [0.1, 0.15) is 5.56 Å². The van der Waals surface area contributed by atoms with E-state index in [2.05, 4.69) is 21.9 Å². The molecule has 16 heavy (non-hydrogen) atoms. The molecule has 0 amide bonds. The summed E-state index contributed by atoms with van der Waals surface area (Å²) in [5, 5.41) is 0.397. The van der Waals surface area contributed by atoms with E-state index < -0.39 is 5.76 Å². The van der Waals surface area contributed by atoms with Gasteiger partial charge in [-0.15, -0.1) is 6.42 Å². The molecule has 0 aliphatic heterocycles. The molecule has 0 radical (unpaired) electrons. The van der Waals surface area contributed by atoms with Crippen LogP contribution in [0.25, 0.3) is 5.52 Å². The van der Waals surface area contributed by atoms with Gasteiger partial charge < -0.3 is 4.40 Å². The van der Waals surface area contributed by atoms with Gasteiger partial charge in [-0.25, -0.2) is 0 Å². The van der Waals surface area contributed by atoms with E-state index in [-0.39, 0.29) is 0 Å². The minimum absolute atomic E-state index is 0.397. The van der Waals surface area contributed by atoms with Gasteiger partial charge >= 0.3 is 0 Å². The second-order valence-corrected chi connectivity index (χ2v) is 4.83. The van der Waals surface area contributed by atoms with Gasteiger partial charge in [0.2, 0.25) is 0 Å². The van der Waals surface area contributed by atoms with Crippen molar-refractivity contribution in [3.05, 3.63) is 34.4 Å². The van der Waals surface area contributed by atoms with Gasteiger partial charge in [0.15, 0.2) is 0 Å². The van der Waals surface area contributed by atoms with Crippen molar-refractivity contribution >= 4 is 33.2 Å². The van der Waals surface area contributed by atoms with Crippen LogP contribution >= 0.6 is 27.7 Å².